The molecule has 2 atom stereocenters. The number of Topliss-reactive ketones (excluding diaryl/α,β-unsaturated/α-hetero) is 1. The lowest BCUT2D eigenvalue weighted by atomic mass is 9.72. The van der Waals surface area contributed by atoms with Crippen LogP contribution in [0.2, 0.25) is 0 Å². The number of ether oxygens (including phenoxy) is 1. The Morgan fingerprint density at radius 3 is 2.80 bits per heavy atom. The highest BCUT2D eigenvalue weighted by Gasteiger charge is 2.43. The Hall–Kier alpha value is -1.75. The number of hydrogen-bond donors (Lipinski definition) is 0. The summed E-state index contributed by atoms with van der Waals surface area (Å²) < 4.78 is 6.34. The van der Waals surface area contributed by atoms with E-state index in [1.807, 2.05) is 38.1 Å². The minimum absolute atomic E-state index is 0.103. The molecule has 0 fully saturated rings. The van der Waals surface area contributed by atoms with E-state index < -0.39 is 5.92 Å². The van der Waals surface area contributed by atoms with Gasteiger partial charge in [-0.1, -0.05) is 41.1 Å². The molecule has 1 aliphatic heterocycles. The zero-order valence-corrected chi connectivity index (χ0v) is 16.1. The van der Waals surface area contributed by atoms with Crippen LogP contribution in [0.25, 0.3) is 0 Å². The van der Waals surface area contributed by atoms with Gasteiger partial charge >= 0.3 is 5.97 Å². The fourth-order valence-electron chi connectivity index (χ4n) is 3.67. The SMILES string of the molecule is CCCOC(=O)C1C(C)=NC2=C(C(=O)CCC2)[C@H]1c1ccccc1Br. The van der Waals surface area contributed by atoms with Crippen LogP contribution in [0, 0.1) is 5.92 Å². The van der Waals surface area contributed by atoms with E-state index in [2.05, 4.69) is 20.9 Å². The van der Waals surface area contributed by atoms with Crippen LogP contribution in [-0.4, -0.2) is 24.1 Å². The van der Waals surface area contributed by atoms with Crippen LogP contribution in [-0.2, 0) is 14.3 Å². The number of aliphatic imine (C=N–C) groups is 1. The number of allylic oxidation sites excluding steroid dienone is 2. The number of carbonyl (C=O) groups excluding carboxylic acids is 2. The molecular formula is C20H22BrNO3. The number of esters is 1. The van der Waals surface area contributed by atoms with E-state index in [-0.39, 0.29) is 17.7 Å². The Balaban J connectivity index is 2.12. The smallest absolute Gasteiger partial charge is 0.315 e. The van der Waals surface area contributed by atoms with E-state index >= 15 is 0 Å². The van der Waals surface area contributed by atoms with Crippen molar-refractivity contribution in [1.82, 2.24) is 0 Å². The summed E-state index contributed by atoms with van der Waals surface area (Å²) in [7, 11) is 0. The fraction of sp³-hybridized carbons (Fsp3) is 0.450. The topological polar surface area (TPSA) is 55.7 Å². The molecule has 1 heterocycles. The third-order valence-electron chi connectivity index (χ3n) is 4.78. The van der Waals surface area contributed by atoms with Crippen molar-refractivity contribution in [2.24, 2.45) is 10.9 Å². The molecule has 1 aromatic rings. The minimum atomic E-state index is -0.550. The Labute approximate surface area is 156 Å². The van der Waals surface area contributed by atoms with Gasteiger partial charge in [-0.25, -0.2) is 0 Å². The highest BCUT2D eigenvalue weighted by atomic mass is 79.9. The van der Waals surface area contributed by atoms with Gasteiger partial charge < -0.3 is 4.74 Å². The average Bonchev–Trinajstić information content (AvgIpc) is 2.59. The summed E-state index contributed by atoms with van der Waals surface area (Å²) in [4.78, 5) is 30.1. The van der Waals surface area contributed by atoms with Crippen LogP contribution in [0.15, 0.2) is 45.0 Å². The normalized spacial score (nSPS) is 23.2. The number of benzene rings is 1. The summed E-state index contributed by atoms with van der Waals surface area (Å²) in [6.07, 6.45) is 2.89. The van der Waals surface area contributed by atoms with Crippen molar-refractivity contribution >= 4 is 33.4 Å². The third kappa shape index (κ3) is 3.47. The predicted octanol–water partition coefficient (Wildman–Crippen LogP) is 4.58. The van der Waals surface area contributed by atoms with Gasteiger partial charge in [0.15, 0.2) is 5.78 Å². The van der Waals surface area contributed by atoms with Crippen molar-refractivity contribution in [3.63, 3.8) is 0 Å². The van der Waals surface area contributed by atoms with E-state index in [9.17, 15) is 9.59 Å². The summed E-state index contributed by atoms with van der Waals surface area (Å²) in [6, 6.07) is 7.78. The van der Waals surface area contributed by atoms with Gasteiger partial charge in [-0.2, -0.15) is 0 Å². The summed E-state index contributed by atoms with van der Waals surface area (Å²) in [5.74, 6) is -1.08. The van der Waals surface area contributed by atoms with E-state index in [4.69, 9.17) is 4.74 Å². The lowest BCUT2D eigenvalue weighted by Gasteiger charge is -2.34. The Morgan fingerprint density at radius 2 is 2.08 bits per heavy atom. The van der Waals surface area contributed by atoms with E-state index in [0.717, 1.165) is 40.7 Å². The second-order valence-electron chi connectivity index (χ2n) is 6.53. The molecule has 0 radical (unpaired) electrons. The number of rotatable bonds is 4. The highest BCUT2D eigenvalue weighted by molar-refractivity contribution is 9.10. The van der Waals surface area contributed by atoms with Gasteiger partial charge in [0.1, 0.15) is 5.92 Å². The molecule has 1 aliphatic carbocycles. The lowest BCUT2D eigenvalue weighted by molar-refractivity contribution is -0.146. The zero-order chi connectivity index (χ0) is 18.0. The van der Waals surface area contributed by atoms with Gasteiger partial charge in [0, 0.05) is 33.8 Å². The molecule has 0 amide bonds. The second-order valence-corrected chi connectivity index (χ2v) is 7.39. The van der Waals surface area contributed by atoms with Crippen LogP contribution >= 0.6 is 15.9 Å². The standard InChI is InChI=1S/C20H22BrNO3/c1-3-11-25-20(24)17-12(2)22-15-9-6-10-16(23)19(15)18(17)13-7-4-5-8-14(13)21/h4-5,7-8,17-18H,3,6,9-11H2,1-2H3/t17?,18-/m0/s1. The number of halogens is 1. The number of nitrogens with zero attached hydrogens (tertiary/aromatic N) is 1. The van der Waals surface area contributed by atoms with Gasteiger partial charge in [-0.05, 0) is 37.8 Å². The summed E-state index contributed by atoms with van der Waals surface area (Å²) in [5, 5.41) is 0. The molecule has 0 aromatic heterocycles. The summed E-state index contributed by atoms with van der Waals surface area (Å²) in [6.45, 7) is 4.21. The van der Waals surface area contributed by atoms with E-state index in [1.54, 1.807) is 0 Å². The van der Waals surface area contributed by atoms with Gasteiger partial charge in [0.2, 0.25) is 0 Å². The van der Waals surface area contributed by atoms with E-state index in [0.29, 0.717) is 18.6 Å². The Morgan fingerprint density at radius 1 is 1.32 bits per heavy atom. The minimum Gasteiger partial charge on any atom is -0.465 e. The van der Waals surface area contributed by atoms with Crippen molar-refractivity contribution < 1.29 is 14.3 Å². The molecule has 4 nitrogen and oxygen atoms in total. The third-order valence-corrected chi connectivity index (χ3v) is 5.50. The molecule has 0 bridgehead atoms. The fourth-order valence-corrected chi connectivity index (χ4v) is 4.20. The molecule has 2 aliphatic rings. The molecular weight excluding hydrogens is 382 g/mol. The first kappa shape index (κ1) is 18.1. The van der Waals surface area contributed by atoms with Crippen molar-refractivity contribution in [3.05, 3.63) is 45.6 Å². The Bertz CT molecular complexity index is 766. The molecule has 0 saturated heterocycles. The molecule has 0 N–H and O–H groups in total. The zero-order valence-electron chi connectivity index (χ0n) is 14.5. The van der Waals surface area contributed by atoms with Crippen LogP contribution in [0.1, 0.15) is 51.0 Å². The van der Waals surface area contributed by atoms with Crippen LogP contribution < -0.4 is 0 Å². The van der Waals surface area contributed by atoms with Crippen molar-refractivity contribution in [2.75, 3.05) is 6.61 Å². The highest BCUT2D eigenvalue weighted by Crippen LogP contribution is 2.45. The van der Waals surface area contributed by atoms with E-state index in [1.165, 1.54) is 0 Å². The summed E-state index contributed by atoms with van der Waals surface area (Å²) in [5.41, 5.74) is 3.21. The number of ketones is 1. The maximum atomic E-state index is 12.8. The first-order valence-corrected chi connectivity index (χ1v) is 9.56. The molecule has 25 heavy (non-hydrogen) atoms. The van der Waals surface area contributed by atoms with Gasteiger partial charge in [-0.15, -0.1) is 0 Å². The first-order chi connectivity index (χ1) is 12.0. The molecule has 3 rings (SSSR count). The van der Waals surface area contributed by atoms with Crippen molar-refractivity contribution in [2.45, 2.75) is 45.4 Å². The van der Waals surface area contributed by atoms with Gasteiger partial charge in [-0.3, -0.25) is 14.6 Å². The largest absolute Gasteiger partial charge is 0.465 e. The number of hydrogen-bond acceptors (Lipinski definition) is 4. The molecule has 0 saturated carbocycles. The maximum Gasteiger partial charge on any atom is 0.315 e. The van der Waals surface area contributed by atoms with Crippen LogP contribution in [0.3, 0.4) is 0 Å². The van der Waals surface area contributed by atoms with Gasteiger partial charge in [0.25, 0.3) is 0 Å². The maximum absolute atomic E-state index is 12.8. The molecule has 132 valence electrons. The van der Waals surface area contributed by atoms with Crippen LogP contribution in [0.4, 0.5) is 0 Å². The molecule has 1 aromatic carbocycles. The number of carbonyl (C=O) groups is 2. The second kappa shape index (κ2) is 7.65. The molecule has 0 spiro atoms. The average molecular weight is 404 g/mol. The predicted molar refractivity (Wildman–Crippen MR) is 101 cm³/mol. The monoisotopic (exact) mass is 403 g/mol. The molecule has 1 unspecified atom stereocenters. The first-order valence-electron chi connectivity index (χ1n) is 8.77. The van der Waals surface area contributed by atoms with Crippen molar-refractivity contribution in [1.29, 1.82) is 0 Å². The van der Waals surface area contributed by atoms with Crippen molar-refractivity contribution in [3.8, 4) is 0 Å². The lowest BCUT2D eigenvalue weighted by Crippen LogP contribution is -2.37. The van der Waals surface area contributed by atoms with Gasteiger partial charge in [0.05, 0.1) is 6.61 Å². The van der Waals surface area contributed by atoms with Crippen LogP contribution in [0.5, 0.6) is 0 Å². The Kier molecular flexibility index (Phi) is 5.52. The quantitative estimate of drug-likeness (QED) is 0.690. The summed E-state index contributed by atoms with van der Waals surface area (Å²) >= 11 is 3.59. The molecule has 5 heteroatoms.